The van der Waals surface area contributed by atoms with Crippen LogP contribution >= 0.6 is 0 Å². The average molecular weight is 486 g/mol. The maximum atomic E-state index is 10.6. The number of fused-ring (bicyclic) bond motifs is 2. The highest BCUT2D eigenvalue weighted by molar-refractivity contribution is 5.73. The summed E-state index contributed by atoms with van der Waals surface area (Å²) in [5, 5.41) is 7.12. The minimum Gasteiger partial charge on any atom is -0.475 e. The Morgan fingerprint density at radius 1 is 1.09 bits per heavy atom. The zero-order chi connectivity index (χ0) is 25.1. The van der Waals surface area contributed by atoms with E-state index in [1.165, 1.54) is 55.0 Å². The number of alkyl halides is 3. The number of benzene rings is 2. The molecule has 1 aromatic heterocycles. The van der Waals surface area contributed by atoms with Gasteiger partial charge in [0, 0.05) is 24.4 Å². The monoisotopic (exact) mass is 485 g/mol. The number of nitrogens with zero attached hydrogens (tertiary/aromatic N) is 3. The summed E-state index contributed by atoms with van der Waals surface area (Å²) in [4.78, 5) is 16.5. The van der Waals surface area contributed by atoms with Crippen LogP contribution < -0.4 is 0 Å². The van der Waals surface area contributed by atoms with Crippen LogP contribution in [0.3, 0.4) is 0 Å². The predicted molar refractivity (Wildman–Crippen MR) is 128 cm³/mol. The second kappa shape index (κ2) is 10.2. The van der Waals surface area contributed by atoms with Crippen LogP contribution in [0.1, 0.15) is 37.6 Å². The van der Waals surface area contributed by atoms with Gasteiger partial charge in [-0.1, -0.05) is 67.6 Å². The molecule has 1 fully saturated rings. The van der Waals surface area contributed by atoms with E-state index in [-0.39, 0.29) is 5.41 Å². The van der Waals surface area contributed by atoms with Gasteiger partial charge in [-0.25, -0.2) is 9.78 Å². The van der Waals surface area contributed by atoms with E-state index >= 15 is 0 Å². The van der Waals surface area contributed by atoms with Gasteiger partial charge in [0.2, 0.25) is 0 Å². The first-order chi connectivity index (χ1) is 16.8. The molecule has 0 radical (unpaired) electrons. The minimum atomic E-state index is -5.08. The van der Waals surface area contributed by atoms with Gasteiger partial charge in [-0.3, -0.25) is 4.90 Å². The summed E-state index contributed by atoms with van der Waals surface area (Å²) in [6.07, 6.45) is 1.71. The van der Waals surface area contributed by atoms with Crippen LogP contribution in [-0.2, 0) is 23.2 Å². The molecule has 3 aromatic rings. The molecule has 3 heterocycles. The number of aromatic nitrogens is 2. The van der Waals surface area contributed by atoms with Gasteiger partial charge in [-0.15, -0.1) is 0 Å². The molecule has 0 spiro atoms. The molecule has 1 N–H and O–H groups in total. The first-order valence-electron chi connectivity index (χ1n) is 12.0. The van der Waals surface area contributed by atoms with Crippen molar-refractivity contribution in [2.24, 2.45) is 0 Å². The molecule has 5 nitrogen and oxygen atoms in total. The number of carbonyl (C=O) groups is 1. The van der Waals surface area contributed by atoms with Gasteiger partial charge in [0.1, 0.15) is 5.82 Å². The predicted octanol–water partition coefficient (Wildman–Crippen LogP) is 5.55. The van der Waals surface area contributed by atoms with Crippen LogP contribution in [0.25, 0.3) is 11.3 Å². The molecular weight excluding hydrogens is 455 g/mol. The van der Waals surface area contributed by atoms with Crippen LogP contribution in [0.2, 0.25) is 0 Å². The fourth-order valence-corrected chi connectivity index (χ4v) is 5.57. The number of hydrogen-bond donors (Lipinski definition) is 1. The van der Waals surface area contributed by atoms with Crippen LogP contribution in [0, 0.1) is 0 Å². The number of rotatable bonds is 4. The van der Waals surface area contributed by atoms with Gasteiger partial charge >= 0.3 is 12.1 Å². The van der Waals surface area contributed by atoms with Crippen molar-refractivity contribution in [3.05, 3.63) is 78.2 Å². The van der Waals surface area contributed by atoms with E-state index in [9.17, 15) is 13.2 Å². The number of aryl methyl sites for hydroxylation is 1. The standard InChI is InChI=1S/C25H29N3.C2HF3O2/c1-2-16-27-17-15-25(21-11-7-4-8-12-21)14-13-24-26-18-22(28(24)19-23(25)27)20-9-5-3-6-10-20;3-2(4,5)1(6)7/h3-12,18,23H,2,13-17,19H2,1H3;(H,6,7). The Bertz CT molecular complexity index is 1130. The van der Waals surface area contributed by atoms with Gasteiger partial charge in [-0.05, 0) is 43.5 Å². The lowest BCUT2D eigenvalue weighted by atomic mass is 9.71. The lowest BCUT2D eigenvalue weighted by Gasteiger charge is -2.38. The molecule has 0 saturated carbocycles. The van der Waals surface area contributed by atoms with E-state index in [1.54, 1.807) is 0 Å². The summed E-state index contributed by atoms with van der Waals surface area (Å²) in [7, 11) is 0. The first kappa shape index (κ1) is 25.0. The third kappa shape index (κ3) is 5.12. The number of hydrogen-bond acceptors (Lipinski definition) is 3. The summed E-state index contributed by atoms with van der Waals surface area (Å²) in [5.74, 6) is -1.51. The highest BCUT2D eigenvalue weighted by atomic mass is 19.4. The molecule has 0 amide bonds. The smallest absolute Gasteiger partial charge is 0.475 e. The number of carboxylic acids is 1. The van der Waals surface area contributed by atoms with E-state index in [1.807, 2.05) is 0 Å². The van der Waals surface area contributed by atoms with Gasteiger partial charge < -0.3 is 9.67 Å². The summed E-state index contributed by atoms with van der Waals surface area (Å²) in [6, 6.07) is 22.6. The molecule has 5 rings (SSSR count). The lowest BCUT2D eigenvalue weighted by Crippen LogP contribution is -2.45. The molecule has 2 atom stereocenters. The average Bonchev–Trinajstić information content (AvgIpc) is 3.37. The van der Waals surface area contributed by atoms with E-state index in [2.05, 4.69) is 83.3 Å². The Morgan fingerprint density at radius 2 is 1.71 bits per heavy atom. The van der Waals surface area contributed by atoms with Gasteiger partial charge in [0.25, 0.3) is 0 Å². The molecule has 0 bridgehead atoms. The van der Waals surface area contributed by atoms with Crippen LogP contribution in [0.15, 0.2) is 66.9 Å². The lowest BCUT2D eigenvalue weighted by molar-refractivity contribution is -0.192. The van der Waals surface area contributed by atoms with Crippen molar-refractivity contribution in [2.75, 3.05) is 13.1 Å². The Morgan fingerprint density at radius 3 is 2.31 bits per heavy atom. The second-order valence-electron chi connectivity index (χ2n) is 9.16. The van der Waals surface area contributed by atoms with Crippen molar-refractivity contribution >= 4 is 5.97 Å². The normalized spacial score (nSPS) is 21.9. The largest absolute Gasteiger partial charge is 0.490 e. The highest BCUT2D eigenvalue weighted by Gasteiger charge is 2.49. The Kier molecular flexibility index (Phi) is 7.31. The highest BCUT2D eigenvalue weighted by Crippen LogP contribution is 2.46. The Balaban J connectivity index is 0.000000364. The number of likely N-dealkylation sites (tertiary alicyclic amines) is 1. The minimum absolute atomic E-state index is 0.241. The van der Waals surface area contributed by atoms with E-state index in [4.69, 9.17) is 14.9 Å². The van der Waals surface area contributed by atoms with Gasteiger partial charge in [0.15, 0.2) is 0 Å². The zero-order valence-corrected chi connectivity index (χ0v) is 19.7. The maximum absolute atomic E-state index is 10.6. The molecule has 8 heteroatoms. The van der Waals surface area contributed by atoms with Crippen molar-refractivity contribution < 1.29 is 23.1 Å². The third-order valence-corrected chi connectivity index (χ3v) is 7.18. The van der Waals surface area contributed by atoms with Crippen molar-refractivity contribution in [1.29, 1.82) is 0 Å². The summed E-state index contributed by atoms with van der Waals surface area (Å²) < 4.78 is 34.2. The van der Waals surface area contributed by atoms with Crippen molar-refractivity contribution in [3.8, 4) is 11.3 Å². The zero-order valence-electron chi connectivity index (χ0n) is 19.7. The summed E-state index contributed by atoms with van der Waals surface area (Å²) in [5.41, 5.74) is 4.30. The topological polar surface area (TPSA) is 58.4 Å². The SMILES string of the molecule is CCCN1CCC2(c3ccccc3)CCc3ncc(-c4ccccc4)n3CC12.O=C(O)C(F)(F)F. The first-order valence-corrected chi connectivity index (χ1v) is 12.0. The molecule has 2 aromatic carbocycles. The molecule has 1 saturated heterocycles. The quantitative estimate of drug-likeness (QED) is 0.526. The van der Waals surface area contributed by atoms with E-state index in [0.29, 0.717) is 6.04 Å². The third-order valence-electron chi connectivity index (χ3n) is 7.18. The van der Waals surface area contributed by atoms with E-state index < -0.39 is 12.1 Å². The van der Waals surface area contributed by atoms with Gasteiger partial charge in [-0.2, -0.15) is 13.2 Å². The van der Waals surface area contributed by atoms with Crippen LogP contribution in [0.5, 0.6) is 0 Å². The number of carboxylic acid groups (broad SMARTS) is 1. The van der Waals surface area contributed by atoms with Crippen molar-refractivity contribution in [2.45, 2.75) is 56.8 Å². The summed E-state index contributed by atoms with van der Waals surface area (Å²) in [6.45, 7) is 5.73. The fourth-order valence-electron chi connectivity index (χ4n) is 5.57. The second-order valence-corrected chi connectivity index (χ2v) is 9.16. The van der Waals surface area contributed by atoms with Crippen LogP contribution in [-0.4, -0.2) is 50.8 Å². The molecule has 2 aliphatic heterocycles. The molecule has 186 valence electrons. The molecule has 35 heavy (non-hydrogen) atoms. The van der Waals surface area contributed by atoms with Gasteiger partial charge in [0.05, 0.1) is 11.9 Å². The number of aliphatic carboxylic acids is 1. The Hall–Kier alpha value is -3.13. The van der Waals surface area contributed by atoms with Crippen molar-refractivity contribution in [3.63, 3.8) is 0 Å². The van der Waals surface area contributed by atoms with Crippen LogP contribution in [0.4, 0.5) is 13.2 Å². The molecule has 2 aliphatic rings. The van der Waals surface area contributed by atoms with Crippen molar-refractivity contribution in [1.82, 2.24) is 14.5 Å². The fraction of sp³-hybridized carbons (Fsp3) is 0.407. The molecule has 2 unspecified atom stereocenters. The summed E-state index contributed by atoms with van der Waals surface area (Å²) >= 11 is 0. The number of halogens is 3. The Labute approximate surface area is 203 Å². The van der Waals surface area contributed by atoms with E-state index in [0.717, 1.165) is 13.0 Å². The molecular formula is C27H30F3N3O2. The maximum Gasteiger partial charge on any atom is 0.490 e. The number of imidazole rings is 1. The molecule has 0 aliphatic carbocycles.